The van der Waals surface area contributed by atoms with E-state index in [1.807, 2.05) is 0 Å². The molecule has 0 radical (unpaired) electrons. The third-order valence-electron chi connectivity index (χ3n) is 4.05. The second kappa shape index (κ2) is 4.33. The summed E-state index contributed by atoms with van der Waals surface area (Å²) in [4.78, 5) is 0. The van der Waals surface area contributed by atoms with E-state index in [0.717, 1.165) is 12.5 Å². The lowest BCUT2D eigenvalue weighted by Gasteiger charge is -2.38. The van der Waals surface area contributed by atoms with E-state index in [1.165, 1.54) is 6.42 Å². The molecule has 100 valence electrons. The molecule has 0 aromatic heterocycles. The number of fused-ring (bicyclic) bond motifs is 2. The Kier molecular flexibility index (Phi) is 3.38. The maximum absolute atomic E-state index is 9.69. The van der Waals surface area contributed by atoms with Crippen LogP contribution in [0, 0.1) is 28.6 Å². The Labute approximate surface area is 113 Å². The number of rotatable bonds is 4. The molecule has 2 rings (SSSR count). The van der Waals surface area contributed by atoms with Crippen LogP contribution < -0.4 is 0 Å². The maximum atomic E-state index is 9.69. The largest absolute Gasteiger partial charge is 0.456 e. The first-order valence-electron chi connectivity index (χ1n) is 6.96. The molecule has 2 nitrogen and oxygen atoms in total. The molecule has 0 aliphatic heterocycles. The Hall–Kier alpha value is -0.376. The van der Waals surface area contributed by atoms with Crippen molar-refractivity contribution in [2.24, 2.45) is 17.3 Å². The molecule has 4 heteroatoms. The molecule has 0 amide bonds. The summed E-state index contributed by atoms with van der Waals surface area (Å²) in [7, 11) is -3.23. The van der Waals surface area contributed by atoms with Gasteiger partial charge in [0.1, 0.15) is 0 Å². The molecule has 0 aromatic rings. The van der Waals surface area contributed by atoms with Gasteiger partial charge in [-0.05, 0) is 63.5 Å². The maximum Gasteiger partial charge on any atom is 0.175 e. The van der Waals surface area contributed by atoms with E-state index < -0.39 is 16.6 Å². The van der Waals surface area contributed by atoms with Crippen LogP contribution in [0.4, 0.5) is 0 Å². The van der Waals surface area contributed by atoms with Crippen molar-refractivity contribution in [1.82, 2.24) is 0 Å². The lowest BCUT2D eigenvalue weighted by atomic mass is 9.79. The minimum Gasteiger partial charge on any atom is -0.456 e. The SMILES string of the molecule is C[Si](C)(C)O[Si](C)(C)CC1(C#N)CC2C=CC1C2. The van der Waals surface area contributed by atoms with Crippen LogP contribution in [0.5, 0.6) is 0 Å². The Balaban J connectivity index is 2.13. The van der Waals surface area contributed by atoms with Crippen LogP contribution in [0.2, 0.25) is 38.8 Å². The first-order valence-corrected chi connectivity index (χ1v) is 13.5. The van der Waals surface area contributed by atoms with Crippen molar-refractivity contribution in [1.29, 1.82) is 5.26 Å². The van der Waals surface area contributed by atoms with E-state index in [0.29, 0.717) is 11.8 Å². The topological polar surface area (TPSA) is 33.0 Å². The van der Waals surface area contributed by atoms with Gasteiger partial charge in [-0.25, -0.2) is 0 Å². The zero-order chi connectivity index (χ0) is 13.6. The summed E-state index contributed by atoms with van der Waals surface area (Å²) >= 11 is 0. The van der Waals surface area contributed by atoms with Crippen molar-refractivity contribution in [3.8, 4) is 6.07 Å². The van der Waals surface area contributed by atoms with Crippen molar-refractivity contribution < 1.29 is 4.12 Å². The van der Waals surface area contributed by atoms with Gasteiger partial charge >= 0.3 is 0 Å². The van der Waals surface area contributed by atoms with E-state index >= 15 is 0 Å². The van der Waals surface area contributed by atoms with Gasteiger partial charge in [0.2, 0.25) is 0 Å². The predicted octanol–water partition coefficient (Wildman–Crippen LogP) is 4.15. The average molecular weight is 280 g/mol. The summed E-state index contributed by atoms with van der Waals surface area (Å²) in [6.07, 6.45) is 6.87. The molecule has 3 unspecified atom stereocenters. The minimum atomic E-state index is -1.73. The number of nitrogens with zero attached hydrogens (tertiary/aromatic N) is 1. The van der Waals surface area contributed by atoms with Gasteiger partial charge in [0.25, 0.3) is 0 Å². The van der Waals surface area contributed by atoms with Crippen LogP contribution in [0.15, 0.2) is 12.2 Å². The molecule has 0 spiro atoms. The summed E-state index contributed by atoms with van der Waals surface area (Å²) in [5.74, 6) is 1.15. The number of allylic oxidation sites excluding steroid dienone is 2. The van der Waals surface area contributed by atoms with Crippen molar-refractivity contribution in [3.05, 3.63) is 12.2 Å². The highest BCUT2D eigenvalue weighted by molar-refractivity contribution is 6.84. The lowest BCUT2D eigenvalue weighted by Crippen LogP contribution is -2.46. The molecular weight excluding hydrogens is 254 g/mol. The van der Waals surface area contributed by atoms with Crippen molar-refractivity contribution in [3.63, 3.8) is 0 Å². The zero-order valence-electron chi connectivity index (χ0n) is 12.3. The Morgan fingerprint density at radius 1 is 1.28 bits per heavy atom. The van der Waals surface area contributed by atoms with Crippen LogP contribution in [0.3, 0.4) is 0 Å². The summed E-state index contributed by atoms with van der Waals surface area (Å²) in [6.45, 7) is 11.3. The quantitative estimate of drug-likeness (QED) is 0.572. The first-order chi connectivity index (χ1) is 8.16. The fourth-order valence-corrected chi connectivity index (χ4v) is 12.9. The van der Waals surface area contributed by atoms with Gasteiger partial charge in [-0.15, -0.1) is 0 Å². The smallest absolute Gasteiger partial charge is 0.175 e. The second-order valence-electron chi connectivity index (χ2n) is 7.61. The molecule has 3 atom stereocenters. The number of hydrogen-bond donors (Lipinski definition) is 0. The van der Waals surface area contributed by atoms with Crippen molar-refractivity contribution in [2.45, 2.75) is 51.6 Å². The molecule has 2 bridgehead atoms. The van der Waals surface area contributed by atoms with E-state index in [2.05, 4.69) is 51.0 Å². The number of nitriles is 1. The van der Waals surface area contributed by atoms with Gasteiger partial charge in [-0.1, -0.05) is 12.2 Å². The van der Waals surface area contributed by atoms with E-state index in [4.69, 9.17) is 4.12 Å². The Morgan fingerprint density at radius 2 is 1.94 bits per heavy atom. The van der Waals surface area contributed by atoms with Crippen LogP contribution in [-0.4, -0.2) is 16.6 Å². The summed E-state index contributed by atoms with van der Waals surface area (Å²) < 4.78 is 6.42. The van der Waals surface area contributed by atoms with E-state index in [-0.39, 0.29) is 5.41 Å². The highest BCUT2D eigenvalue weighted by atomic mass is 28.4. The van der Waals surface area contributed by atoms with Gasteiger partial charge in [-0.3, -0.25) is 0 Å². The van der Waals surface area contributed by atoms with Crippen LogP contribution in [0.1, 0.15) is 12.8 Å². The highest BCUT2D eigenvalue weighted by Gasteiger charge is 2.52. The van der Waals surface area contributed by atoms with Gasteiger partial charge in [0.05, 0.1) is 11.5 Å². The van der Waals surface area contributed by atoms with Gasteiger partial charge in [0.15, 0.2) is 16.6 Å². The van der Waals surface area contributed by atoms with Gasteiger partial charge < -0.3 is 4.12 Å². The third-order valence-corrected chi connectivity index (χ3v) is 10.2. The lowest BCUT2D eigenvalue weighted by molar-refractivity contribution is 0.346. The third kappa shape index (κ3) is 2.79. The van der Waals surface area contributed by atoms with E-state index in [1.54, 1.807) is 0 Å². The summed E-state index contributed by atoms with van der Waals surface area (Å²) in [5.41, 5.74) is -0.116. The average Bonchev–Trinajstić information content (AvgIpc) is 2.72. The Bertz CT molecular complexity index is 405. The standard InChI is InChI=1S/C14H25NOSi2/c1-17(2,3)16-18(4,5)11-14(10-15)9-12-6-7-13(14)8-12/h6-7,12-13H,8-9,11H2,1-5H3. The molecule has 0 N–H and O–H groups in total. The summed E-state index contributed by atoms with van der Waals surface area (Å²) in [6, 6.07) is 3.68. The van der Waals surface area contributed by atoms with E-state index in [9.17, 15) is 5.26 Å². The molecule has 2 aliphatic carbocycles. The van der Waals surface area contributed by atoms with Crippen LogP contribution in [0.25, 0.3) is 0 Å². The number of hydrogen-bond acceptors (Lipinski definition) is 2. The second-order valence-corrected chi connectivity index (χ2v) is 16.5. The molecule has 1 fully saturated rings. The monoisotopic (exact) mass is 279 g/mol. The van der Waals surface area contributed by atoms with Gasteiger partial charge in [-0.2, -0.15) is 5.26 Å². The fourth-order valence-electron chi connectivity index (χ4n) is 3.95. The molecule has 0 saturated heterocycles. The van der Waals surface area contributed by atoms with Crippen LogP contribution >= 0.6 is 0 Å². The van der Waals surface area contributed by atoms with Crippen molar-refractivity contribution >= 4 is 16.6 Å². The minimum absolute atomic E-state index is 0.116. The normalized spacial score (nSPS) is 34.9. The van der Waals surface area contributed by atoms with Gasteiger partial charge in [0, 0.05) is 0 Å². The summed E-state index contributed by atoms with van der Waals surface area (Å²) in [5, 5.41) is 9.69. The first kappa shape index (κ1) is 14.0. The highest BCUT2D eigenvalue weighted by Crippen LogP contribution is 2.55. The molecular formula is C14H25NOSi2. The zero-order valence-corrected chi connectivity index (χ0v) is 14.3. The van der Waals surface area contributed by atoms with Crippen molar-refractivity contribution in [2.75, 3.05) is 0 Å². The molecule has 0 aromatic carbocycles. The molecule has 18 heavy (non-hydrogen) atoms. The molecule has 2 aliphatic rings. The predicted molar refractivity (Wildman–Crippen MR) is 80.1 cm³/mol. The Morgan fingerprint density at radius 3 is 2.33 bits per heavy atom. The molecule has 0 heterocycles. The molecule has 1 saturated carbocycles. The van der Waals surface area contributed by atoms with Crippen LogP contribution in [-0.2, 0) is 4.12 Å². The fraction of sp³-hybridized carbons (Fsp3) is 0.786.